The van der Waals surface area contributed by atoms with E-state index in [0.29, 0.717) is 26.3 Å². The lowest BCUT2D eigenvalue weighted by atomic mass is 10.1. The normalized spacial score (nSPS) is 18.0. The van der Waals surface area contributed by atoms with Gasteiger partial charge in [0.05, 0.1) is 24.3 Å². The average molecular weight is 403 g/mol. The molecule has 0 atom stereocenters. The SMILES string of the molecule is O=C1OC(c2ccccc2F)=N/C1=C/c1cc2ccccc2nc1N1CCOCC1. The lowest BCUT2D eigenvalue weighted by Crippen LogP contribution is -2.37. The van der Waals surface area contributed by atoms with Crippen molar-refractivity contribution in [1.82, 2.24) is 4.98 Å². The number of aromatic nitrogens is 1. The van der Waals surface area contributed by atoms with Crippen LogP contribution >= 0.6 is 0 Å². The van der Waals surface area contributed by atoms with Crippen LogP contribution in [0.3, 0.4) is 0 Å². The number of benzene rings is 2. The molecule has 1 saturated heterocycles. The smallest absolute Gasteiger partial charge is 0.363 e. The molecule has 0 amide bonds. The van der Waals surface area contributed by atoms with E-state index in [-0.39, 0.29) is 17.2 Å². The van der Waals surface area contributed by atoms with Gasteiger partial charge in [0.15, 0.2) is 5.70 Å². The molecule has 0 aliphatic carbocycles. The van der Waals surface area contributed by atoms with E-state index in [0.717, 1.165) is 22.3 Å². The van der Waals surface area contributed by atoms with Gasteiger partial charge in [0.2, 0.25) is 5.90 Å². The van der Waals surface area contributed by atoms with Crippen LogP contribution in [0, 0.1) is 5.82 Å². The number of para-hydroxylation sites is 1. The van der Waals surface area contributed by atoms with E-state index in [9.17, 15) is 9.18 Å². The van der Waals surface area contributed by atoms with Crippen LogP contribution in [0.25, 0.3) is 17.0 Å². The van der Waals surface area contributed by atoms with Gasteiger partial charge >= 0.3 is 5.97 Å². The van der Waals surface area contributed by atoms with E-state index >= 15 is 0 Å². The van der Waals surface area contributed by atoms with Crippen LogP contribution in [-0.2, 0) is 14.3 Å². The summed E-state index contributed by atoms with van der Waals surface area (Å²) in [5, 5.41) is 0.950. The van der Waals surface area contributed by atoms with E-state index in [1.165, 1.54) is 12.1 Å². The summed E-state index contributed by atoms with van der Waals surface area (Å²) in [4.78, 5) is 23.7. The van der Waals surface area contributed by atoms with Crippen LogP contribution in [0.15, 0.2) is 65.3 Å². The topological polar surface area (TPSA) is 64.0 Å². The Morgan fingerprint density at radius 2 is 1.80 bits per heavy atom. The van der Waals surface area contributed by atoms with Crippen molar-refractivity contribution < 1.29 is 18.7 Å². The standard InChI is InChI=1S/C23H18FN3O3/c24-18-7-3-2-6-17(18)22-26-20(23(28)30-22)14-16-13-15-5-1-4-8-19(15)25-21(16)27-9-11-29-12-10-27/h1-8,13-14H,9-12H2/b20-14+. The van der Waals surface area contributed by atoms with Crippen molar-refractivity contribution in [2.75, 3.05) is 31.2 Å². The van der Waals surface area contributed by atoms with Crippen LogP contribution < -0.4 is 4.90 Å². The minimum atomic E-state index is -0.616. The Morgan fingerprint density at radius 3 is 2.63 bits per heavy atom. The Labute approximate surface area is 172 Å². The molecule has 2 aliphatic heterocycles. The molecule has 0 radical (unpaired) electrons. The number of halogens is 1. The molecule has 30 heavy (non-hydrogen) atoms. The summed E-state index contributed by atoms with van der Waals surface area (Å²) in [7, 11) is 0. The van der Waals surface area contributed by atoms with Gasteiger partial charge in [0.1, 0.15) is 11.6 Å². The summed E-state index contributed by atoms with van der Waals surface area (Å²) in [6.45, 7) is 2.63. The number of hydrogen-bond acceptors (Lipinski definition) is 6. The van der Waals surface area contributed by atoms with Gasteiger partial charge in [-0.2, -0.15) is 0 Å². The number of anilines is 1. The molecule has 0 bridgehead atoms. The average Bonchev–Trinajstić information content (AvgIpc) is 3.14. The maximum atomic E-state index is 14.1. The molecule has 3 aromatic rings. The first-order chi connectivity index (χ1) is 14.7. The minimum Gasteiger partial charge on any atom is -0.402 e. The maximum Gasteiger partial charge on any atom is 0.363 e. The Bertz CT molecular complexity index is 1200. The number of carbonyl (C=O) groups excluding carboxylic acids is 1. The molecular formula is C23H18FN3O3. The van der Waals surface area contributed by atoms with Crippen LogP contribution in [0.2, 0.25) is 0 Å². The molecule has 0 unspecified atom stereocenters. The van der Waals surface area contributed by atoms with E-state index in [4.69, 9.17) is 14.5 Å². The van der Waals surface area contributed by atoms with Crippen molar-refractivity contribution in [3.8, 4) is 0 Å². The second-order valence-corrected chi connectivity index (χ2v) is 7.01. The van der Waals surface area contributed by atoms with Gasteiger partial charge in [-0.25, -0.2) is 19.2 Å². The fraction of sp³-hybridized carbons (Fsp3) is 0.174. The molecule has 2 aromatic carbocycles. The first kappa shape index (κ1) is 18.4. The first-order valence-electron chi connectivity index (χ1n) is 9.69. The lowest BCUT2D eigenvalue weighted by molar-refractivity contribution is -0.129. The number of pyridine rings is 1. The molecule has 5 rings (SSSR count). The second-order valence-electron chi connectivity index (χ2n) is 7.01. The number of aliphatic imine (C=N–C) groups is 1. The molecule has 6 nitrogen and oxygen atoms in total. The third-order valence-corrected chi connectivity index (χ3v) is 5.06. The largest absolute Gasteiger partial charge is 0.402 e. The number of hydrogen-bond donors (Lipinski definition) is 0. The first-order valence-corrected chi connectivity index (χ1v) is 9.69. The van der Waals surface area contributed by atoms with Gasteiger partial charge in [0.25, 0.3) is 0 Å². The zero-order valence-electron chi connectivity index (χ0n) is 16.0. The number of carbonyl (C=O) groups is 1. The number of esters is 1. The highest BCUT2D eigenvalue weighted by Gasteiger charge is 2.27. The maximum absolute atomic E-state index is 14.1. The third kappa shape index (κ3) is 3.44. The minimum absolute atomic E-state index is 0.0361. The van der Waals surface area contributed by atoms with Crippen molar-refractivity contribution >= 4 is 34.7 Å². The predicted octanol–water partition coefficient (Wildman–Crippen LogP) is 3.56. The highest BCUT2D eigenvalue weighted by molar-refractivity contribution is 6.13. The van der Waals surface area contributed by atoms with Crippen LogP contribution in [0.4, 0.5) is 10.2 Å². The highest BCUT2D eigenvalue weighted by Crippen LogP contribution is 2.28. The van der Waals surface area contributed by atoms with Crippen molar-refractivity contribution in [1.29, 1.82) is 0 Å². The molecule has 2 aliphatic rings. The van der Waals surface area contributed by atoms with E-state index in [1.807, 2.05) is 30.3 Å². The van der Waals surface area contributed by atoms with E-state index in [2.05, 4.69) is 9.89 Å². The molecule has 7 heteroatoms. The fourth-order valence-corrected chi connectivity index (χ4v) is 3.56. The van der Waals surface area contributed by atoms with Crippen LogP contribution in [0.5, 0.6) is 0 Å². The zero-order valence-corrected chi connectivity index (χ0v) is 16.0. The molecule has 1 aromatic heterocycles. The molecule has 3 heterocycles. The number of nitrogens with zero attached hydrogens (tertiary/aromatic N) is 3. The molecule has 0 N–H and O–H groups in total. The molecule has 0 spiro atoms. The lowest BCUT2D eigenvalue weighted by Gasteiger charge is -2.29. The van der Waals surface area contributed by atoms with Crippen molar-refractivity contribution in [2.45, 2.75) is 0 Å². The number of morpholine rings is 1. The summed E-state index contributed by atoms with van der Waals surface area (Å²) in [6, 6.07) is 15.8. The van der Waals surface area contributed by atoms with Crippen molar-refractivity contribution in [3.63, 3.8) is 0 Å². The van der Waals surface area contributed by atoms with Gasteiger partial charge in [-0.1, -0.05) is 30.3 Å². The van der Waals surface area contributed by atoms with E-state index < -0.39 is 11.8 Å². The van der Waals surface area contributed by atoms with Gasteiger partial charge in [-0.05, 0) is 30.3 Å². The number of fused-ring (bicyclic) bond motifs is 1. The molecule has 150 valence electrons. The Balaban J connectivity index is 1.60. The molecule has 1 fully saturated rings. The summed E-state index contributed by atoms with van der Waals surface area (Å²) >= 11 is 0. The van der Waals surface area contributed by atoms with Crippen LogP contribution in [0.1, 0.15) is 11.1 Å². The quantitative estimate of drug-likeness (QED) is 0.494. The van der Waals surface area contributed by atoms with E-state index in [1.54, 1.807) is 18.2 Å². The fourth-order valence-electron chi connectivity index (χ4n) is 3.56. The van der Waals surface area contributed by atoms with Crippen LogP contribution in [-0.4, -0.2) is 43.2 Å². The zero-order chi connectivity index (χ0) is 20.5. The summed E-state index contributed by atoms with van der Waals surface area (Å²) in [6.07, 6.45) is 1.65. The Hall–Kier alpha value is -3.58. The third-order valence-electron chi connectivity index (χ3n) is 5.06. The van der Waals surface area contributed by atoms with Gasteiger partial charge in [-0.15, -0.1) is 0 Å². The monoisotopic (exact) mass is 403 g/mol. The Kier molecular flexibility index (Phi) is 4.72. The summed E-state index contributed by atoms with van der Waals surface area (Å²) in [5.74, 6) is -0.390. The number of rotatable bonds is 3. The van der Waals surface area contributed by atoms with Gasteiger partial charge < -0.3 is 14.4 Å². The number of ether oxygens (including phenoxy) is 2. The molecular weight excluding hydrogens is 385 g/mol. The van der Waals surface area contributed by atoms with Gasteiger partial charge in [0, 0.05) is 24.0 Å². The summed E-state index contributed by atoms with van der Waals surface area (Å²) < 4.78 is 24.8. The Morgan fingerprint density at radius 1 is 1.03 bits per heavy atom. The predicted molar refractivity (Wildman–Crippen MR) is 112 cm³/mol. The number of cyclic esters (lactones) is 1. The van der Waals surface area contributed by atoms with Crippen molar-refractivity contribution in [2.24, 2.45) is 4.99 Å². The van der Waals surface area contributed by atoms with Crippen molar-refractivity contribution in [3.05, 3.63) is 77.2 Å². The second kappa shape index (κ2) is 7.68. The van der Waals surface area contributed by atoms with Gasteiger partial charge in [-0.3, -0.25) is 0 Å². The molecule has 0 saturated carbocycles. The highest BCUT2D eigenvalue weighted by atomic mass is 19.1. The summed E-state index contributed by atoms with van der Waals surface area (Å²) in [5.41, 5.74) is 1.88.